The van der Waals surface area contributed by atoms with Gasteiger partial charge >= 0.3 is 0 Å². The Labute approximate surface area is 123 Å². The first-order valence-corrected chi connectivity index (χ1v) is 7.46. The van der Waals surface area contributed by atoms with Crippen LogP contribution in [0.4, 0.5) is 5.82 Å². The number of amides is 1. The molecule has 1 aliphatic heterocycles. The molecule has 1 saturated heterocycles. The van der Waals surface area contributed by atoms with Crippen LogP contribution in [0.5, 0.6) is 0 Å². The van der Waals surface area contributed by atoms with Gasteiger partial charge < -0.3 is 10.6 Å². The van der Waals surface area contributed by atoms with E-state index in [2.05, 4.69) is 34.6 Å². The van der Waals surface area contributed by atoms with Crippen LogP contribution in [-0.2, 0) is 4.79 Å². The summed E-state index contributed by atoms with van der Waals surface area (Å²) in [6.07, 6.45) is 1.83. The third-order valence-electron chi connectivity index (χ3n) is 3.77. The van der Waals surface area contributed by atoms with Gasteiger partial charge in [0.1, 0.15) is 11.9 Å². The number of fused-ring (bicyclic) bond motifs is 1. The van der Waals surface area contributed by atoms with Crippen molar-refractivity contribution in [2.24, 2.45) is 0 Å². The van der Waals surface area contributed by atoms with E-state index in [9.17, 15) is 4.79 Å². The van der Waals surface area contributed by atoms with Crippen molar-refractivity contribution in [1.29, 1.82) is 0 Å². The summed E-state index contributed by atoms with van der Waals surface area (Å²) in [6.45, 7) is 6.93. The molecule has 6 heteroatoms. The molecule has 3 heterocycles. The maximum absolute atomic E-state index is 11.9. The Morgan fingerprint density at radius 1 is 1.43 bits per heavy atom. The molecule has 0 radical (unpaired) electrons. The molecular weight excluding hydrogens is 266 g/mol. The van der Waals surface area contributed by atoms with E-state index in [-0.39, 0.29) is 11.9 Å². The number of hydrogen-bond donors (Lipinski definition) is 2. The zero-order valence-corrected chi connectivity index (χ0v) is 12.7. The highest BCUT2D eigenvalue weighted by Crippen LogP contribution is 2.21. The van der Waals surface area contributed by atoms with Gasteiger partial charge in [-0.25, -0.2) is 4.98 Å². The highest BCUT2D eigenvalue weighted by atomic mass is 16.2. The lowest BCUT2D eigenvalue weighted by atomic mass is 10.1. The van der Waals surface area contributed by atoms with Crippen molar-refractivity contribution in [3.63, 3.8) is 0 Å². The van der Waals surface area contributed by atoms with Crippen LogP contribution < -0.4 is 10.6 Å². The Morgan fingerprint density at radius 3 is 2.95 bits per heavy atom. The van der Waals surface area contributed by atoms with Gasteiger partial charge in [-0.1, -0.05) is 13.8 Å². The maximum Gasteiger partial charge on any atom is 0.242 e. The topological polar surface area (TPSA) is 71.3 Å². The summed E-state index contributed by atoms with van der Waals surface area (Å²) in [6, 6.07) is 3.75. The van der Waals surface area contributed by atoms with Crippen LogP contribution in [0.1, 0.15) is 44.0 Å². The van der Waals surface area contributed by atoms with Crippen LogP contribution in [-0.4, -0.2) is 33.1 Å². The summed E-state index contributed by atoms with van der Waals surface area (Å²) in [5, 5.41) is 10.7. The van der Waals surface area contributed by atoms with Crippen LogP contribution in [0.2, 0.25) is 0 Å². The summed E-state index contributed by atoms with van der Waals surface area (Å²) in [7, 11) is 0. The van der Waals surface area contributed by atoms with Gasteiger partial charge in [0.25, 0.3) is 0 Å². The smallest absolute Gasteiger partial charge is 0.242 e. The minimum absolute atomic E-state index is 0.0567. The van der Waals surface area contributed by atoms with Crippen LogP contribution in [0, 0.1) is 6.92 Å². The average Bonchev–Trinajstić information content (AvgIpc) is 2.81. The minimum Gasteiger partial charge on any atom is -0.358 e. The summed E-state index contributed by atoms with van der Waals surface area (Å²) in [5.74, 6) is 1.21. The zero-order chi connectivity index (χ0) is 15.0. The van der Waals surface area contributed by atoms with Crippen molar-refractivity contribution in [2.75, 3.05) is 11.9 Å². The molecule has 0 saturated carbocycles. The molecule has 3 rings (SSSR count). The van der Waals surface area contributed by atoms with E-state index < -0.39 is 0 Å². The second-order valence-corrected chi connectivity index (χ2v) is 5.91. The summed E-state index contributed by atoms with van der Waals surface area (Å²) >= 11 is 0. The molecule has 1 atom stereocenters. The molecule has 21 heavy (non-hydrogen) atoms. The third-order valence-corrected chi connectivity index (χ3v) is 3.77. The molecule has 6 nitrogen and oxygen atoms in total. The fourth-order valence-corrected chi connectivity index (χ4v) is 2.60. The van der Waals surface area contributed by atoms with E-state index >= 15 is 0 Å². The second-order valence-electron chi connectivity index (χ2n) is 5.91. The highest BCUT2D eigenvalue weighted by molar-refractivity contribution is 5.85. The van der Waals surface area contributed by atoms with E-state index in [0.29, 0.717) is 5.92 Å². The molecule has 0 bridgehead atoms. The Hall–Kier alpha value is -2.11. The predicted octanol–water partition coefficient (Wildman–Crippen LogP) is 1.85. The molecule has 1 amide bonds. The van der Waals surface area contributed by atoms with E-state index in [1.165, 1.54) is 0 Å². The number of rotatable bonds is 3. The fraction of sp³-hybridized carbons (Fsp3) is 0.533. The quantitative estimate of drug-likeness (QED) is 0.904. The zero-order valence-electron chi connectivity index (χ0n) is 12.7. The Balaban J connectivity index is 2.00. The first-order valence-electron chi connectivity index (χ1n) is 7.46. The lowest BCUT2D eigenvalue weighted by Gasteiger charge is -2.24. The van der Waals surface area contributed by atoms with Crippen LogP contribution in [0.15, 0.2) is 12.1 Å². The Kier molecular flexibility index (Phi) is 3.53. The van der Waals surface area contributed by atoms with Crippen molar-refractivity contribution < 1.29 is 4.79 Å². The van der Waals surface area contributed by atoms with Gasteiger partial charge in [-0.2, -0.15) is 9.61 Å². The first kappa shape index (κ1) is 13.9. The van der Waals surface area contributed by atoms with Crippen molar-refractivity contribution >= 4 is 17.4 Å². The molecule has 2 aromatic rings. The average molecular weight is 287 g/mol. The second kappa shape index (κ2) is 5.35. The third kappa shape index (κ3) is 2.70. The van der Waals surface area contributed by atoms with Gasteiger partial charge in [-0.3, -0.25) is 4.79 Å². The largest absolute Gasteiger partial charge is 0.358 e. The maximum atomic E-state index is 11.9. The number of piperidine rings is 1. The van der Waals surface area contributed by atoms with Gasteiger partial charge in [0.05, 0.1) is 5.69 Å². The molecule has 0 aliphatic carbocycles. The van der Waals surface area contributed by atoms with Gasteiger partial charge in [0, 0.05) is 24.4 Å². The number of nitrogens with one attached hydrogen (secondary N) is 2. The summed E-state index contributed by atoms with van der Waals surface area (Å²) in [5.41, 5.74) is 2.73. The van der Waals surface area contributed by atoms with Crippen LogP contribution >= 0.6 is 0 Å². The van der Waals surface area contributed by atoms with E-state index in [4.69, 9.17) is 0 Å². The lowest BCUT2D eigenvalue weighted by Crippen LogP contribution is -2.44. The molecule has 1 fully saturated rings. The number of aromatic nitrogens is 3. The number of hydrogen-bond acceptors (Lipinski definition) is 4. The van der Waals surface area contributed by atoms with E-state index in [1.54, 1.807) is 4.52 Å². The van der Waals surface area contributed by atoms with Crippen molar-refractivity contribution in [3.05, 3.63) is 23.5 Å². The van der Waals surface area contributed by atoms with E-state index in [0.717, 1.165) is 42.2 Å². The standard InChI is InChI=1S/C15H21N5O/c1-9(2)12-8-14(17-11-5-4-6-16-15(11)21)20-13(18-12)7-10(3)19-20/h7-9,11,17H,4-6H2,1-3H3,(H,16,21)/t11-/m1/s1. The van der Waals surface area contributed by atoms with Gasteiger partial charge in [0.15, 0.2) is 5.65 Å². The molecule has 2 N–H and O–H groups in total. The number of carbonyl (C=O) groups is 1. The predicted molar refractivity (Wildman–Crippen MR) is 81.5 cm³/mol. The minimum atomic E-state index is -0.200. The number of aryl methyl sites for hydroxylation is 1. The molecule has 2 aromatic heterocycles. The number of carbonyl (C=O) groups excluding carboxylic acids is 1. The normalized spacial score (nSPS) is 19.0. The molecule has 112 valence electrons. The number of anilines is 1. The fourth-order valence-electron chi connectivity index (χ4n) is 2.60. The lowest BCUT2D eigenvalue weighted by molar-refractivity contribution is -0.123. The Bertz CT molecular complexity index is 676. The van der Waals surface area contributed by atoms with Crippen LogP contribution in [0.3, 0.4) is 0 Å². The van der Waals surface area contributed by atoms with Crippen molar-refractivity contribution in [1.82, 2.24) is 19.9 Å². The van der Waals surface area contributed by atoms with Gasteiger partial charge in [-0.05, 0) is 25.7 Å². The monoisotopic (exact) mass is 287 g/mol. The van der Waals surface area contributed by atoms with Gasteiger partial charge in [-0.15, -0.1) is 0 Å². The van der Waals surface area contributed by atoms with Crippen molar-refractivity contribution in [3.8, 4) is 0 Å². The number of nitrogens with zero attached hydrogens (tertiary/aromatic N) is 3. The summed E-state index contributed by atoms with van der Waals surface area (Å²) in [4.78, 5) is 16.6. The first-order chi connectivity index (χ1) is 10.0. The highest BCUT2D eigenvalue weighted by Gasteiger charge is 2.23. The molecule has 0 unspecified atom stereocenters. The summed E-state index contributed by atoms with van der Waals surface area (Å²) < 4.78 is 1.78. The van der Waals surface area contributed by atoms with Crippen molar-refractivity contribution in [2.45, 2.75) is 45.6 Å². The molecule has 1 aliphatic rings. The molecule has 0 spiro atoms. The molecule has 0 aromatic carbocycles. The SMILES string of the molecule is Cc1cc2nc(C(C)C)cc(N[C@@H]3CCCNC3=O)n2n1. The van der Waals surface area contributed by atoms with Crippen LogP contribution in [0.25, 0.3) is 5.65 Å². The Morgan fingerprint density at radius 2 is 2.24 bits per heavy atom. The van der Waals surface area contributed by atoms with Gasteiger partial charge in [0.2, 0.25) is 5.91 Å². The molecular formula is C15H21N5O. The van der Waals surface area contributed by atoms with E-state index in [1.807, 2.05) is 19.1 Å².